The zero-order valence-electron chi connectivity index (χ0n) is 13.0. The molecule has 2 rings (SSSR count). The summed E-state index contributed by atoms with van der Waals surface area (Å²) in [4.78, 5) is 11.9. The highest BCUT2D eigenvalue weighted by Crippen LogP contribution is 2.19. The molecule has 0 saturated carbocycles. The number of para-hydroxylation sites is 1. The van der Waals surface area contributed by atoms with Crippen molar-refractivity contribution in [3.05, 3.63) is 65.7 Å². The molecule has 0 saturated heterocycles. The number of benzene rings is 2. The predicted molar refractivity (Wildman–Crippen MR) is 89.1 cm³/mol. The molecule has 0 spiro atoms. The number of ether oxygens (including phenoxy) is 1. The van der Waals surface area contributed by atoms with Crippen LogP contribution in [-0.2, 0) is 17.6 Å². The molecule has 0 aromatic heterocycles. The van der Waals surface area contributed by atoms with Gasteiger partial charge in [0.15, 0.2) is 0 Å². The summed E-state index contributed by atoms with van der Waals surface area (Å²) in [5.41, 5.74) is 2.24. The van der Waals surface area contributed by atoms with Gasteiger partial charge in [-0.05, 0) is 37.0 Å². The van der Waals surface area contributed by atoms with Gasteiger partial charge in [0.25, 0.3) is 0 Å². The number of carbonyl (C=O) groups excluding carboxylic acids is 1. The van der Waals surface area contributed by atoms with Crippen molar-refractivity contribution in [2.45, 2.75) is 26.2 Å². The first-order valence-electron chi connectivity index (χ1n) is 7.81. The minimum Gasteiger partial charge on any atom is -0.494 e. The van der Waals surface area contributed by atoms with Gasteiger partial charge in [0.05, 0.1) is 13.0 Å². The molecule has 22 heavy (non-hydrogen) atoms. The molecule has 0 fully saturated rings. The molecular formula is C19H23NO2. The first-order chi connectivity index (χ1) is 10.8. The number of nitrogens with one attached hydrogen (secondary N) is 1. The number of carbonyl (C=O) groups is 1. The Morgan fingerprint density at radius 3 is 2.55 bits per heavy atom. The molecule has 0 heterocycles. The largest absolute Gasteiger partial charge is 0.494 e. The predicted octanol–water partition coefficient (Wildman–Crippen LogP) is 3.38. The zero-order valence-corrected chi connectivity index (χ0v) is 13.0. The van der Waals surface area contributed by atoms with Crippen molar-refractivity contribution in [3.63, 3.8) is 0 Å². The Balaban J connectivity index is 1.72. The number of hydrogen-bond donors (Lipinski definition) is 1. The summed E-state index contributed by atoms with van der Waals surface area (Å²) in [6.07, 6.45) is 2.25. The summed E-state index contributed by atoms with van der Waals surface area (Å²) < 4.78 is 5.61. The van der Waals surface area contributed by atoms with Gasteiger partial charge in [-0.3, -0.25) is 4.79 Å². The highest BCUT2D eigenvalue weighted by molar-refractivity contribution is 5.78. The molecule has 0 atom stereocenters. The fraction of sp³-hybridized carbons (Fsp3) is 0.316. The molecule has 0 aliphatic rings. The second-order valence-electron chi connectivity index (χ2n) is 5.16. The van der Waals surface area contributed by atoms with Gasteiger partial charge < -0.3 is 10.1 Å². The van der Waals surface area contributed by atoms with Crippen LogP contribution in [0.2, 0.25) is 0 Å². The first kappa shape index (κ1) is 16.1. The fourth-order valence-corrected chi connectivity index (χ4v) is 2.36. The lowest BCUT2D eigenvalue weighted by Crippen LogP contribution is -2.26. The van der Waals surface area contributed by atoms with E-state index in [1.165, 1.54) is 5.56 Å². The average molecular weight is 297 g/mol. The van der Waals surface area contributed by atoms with Crippen LogP contribution in [0.5, 0.6) is 5.75 Å². The molecule has 2 aromatic rings. The molecule has 0 bridgehead atoms. The monoisotopic (exact) mass is 297 g/mol. The van der Waals surface area contributed by atoms with E-state index in [1.54, 1.807) is 0 Å². The Morgan fingerprint density at radius 2 is 1.77 bits per heavy atom. The van der Waals surface area contributed by atoms with Gasteiger partial charge >= 0.3 is 0 Å². The Hall–Kier alpha value is -2.29. The van der Waals surface area contributed by atoms with Crippen LogP contribution in [0.3, 0.4) is 0 Å². The second-order valence-corrected chi connectivity index (χ2v) is 5.16. The van der Waals surface area contributed by atoms with Crippen molar-refractivity contribution in [3.8, 4) is 5.75 Å². The summed E-state index contributed by atoms with van der Waals surface area (Å²) >= 11 is 0. The molecule has 2 aromatic carbocycles. The van der Waals surface area contributed by atoms with Gasteiger partial charge in [-0.25, -0.2) is 0 Å². The van der Waals surface area contributed by atoms with E-state index in [-0.39, 0.29) is 5.91 Å². The topological polar surface area (TPSA) is 38.3 Å². The summed E-state index contributed by atoms with van der Waals surface area (Å²) in [6, 6.07) is 17.9. The van der Waals surface area contributed by atoms with E-state index in [1.807, 2.05) is 55.5 Å². The smallest absolute Gasteiger partial charge is 0.224 e. The van der Waals surface area contributed by atoms with Crippen molar-refractivity contribution in [2.24, 2.45) is 0 Å². The lowest BCUT2D eigenvalue weighted by molar-refractivity contribution is -0.120. The molecule has 0 aliphatic heterocycles. The number of hydrogen-bond acceptors (Lipinski definition) is 2. The second kappa shape index (κ2) is 8.88. The van der Waals surface area contributed by atoms with Crippen molar-refractivity contribution < 1.29 is 9.53 Å². The Labute approximate surface area is 132 Å². The SMILES string of the molecule is CCOc1ccccc1CCCNC(=O)Cc1ccccc1. The number of amides is 1. The highest BCUT2D eigenvalue weighted by atomic mass is 16.5. The van der Waals surface area contributed by atoms with Crippen LogP contribution in [-0.4, -0.2) is 19.1 Å². The highest BCUT2D eigenvalue weighted by Gasteiger charge is 2.04. The van der Waals surface area contributed by atoms with E-state index >= 15 is 0 Å². The normalized spacial score (nSPS) is 10.2. The van der Waals surface area contributed by atoms with Crippen molar-refractivity contribution in [2.75, 3.05) is 13.2 Å². The van der Waals surface area contributed by atoms with Crippen molar-refractivity contribution in [1.82, 2.24) is 5.32 Å². The van der Waals surface area contributed by atoms with Crippen LogP contribution >= 0.6 is 0 Å². The molecule has 0 aliphatic carbocycles. The van der Waals surface area contributed by atoms with Crippen LogP contribution in [0.1, 0.15) is 24.5 Å². The van der Waals surface area contributed by atoms with Gasteiger partial charge in [0.1, 0.15) is 5.75 Å². The summed E-state index contributed by atoms with van der Waals surface area (Å²) in [6.45, 7) is 3.34. The van der Waals surface area contributed by atoms with Gasteiger partial charge in [0, 0.05) is 6.54 Å². The molecule has 116 valence electrons. The molecule has 1 amide bonds. The minimum absolute atomic E-state index is 0.0734. The Morgan fingerprint density at radius 1 is 1.05 bits per heavy atom. The molecule has 3 nitrogen and oxygen atoms in total. The lowest BCUT2D eigenvalue weighted by atomic mass is 10.1. The molecule has 0 radical (unpaired) electrons. The van der Waals surface area contributed by atoms with Crippen LogP contribution in [0.25, 0.3) is 0 Å². The summed E-state index contributed by atoms with van der Waals surface area (Å²) in [7, 11) is 0. The average Bonchev–Trinajstić information content (AvgIpc) is 2.54. The van der Waals surface area contributed by atoms with E-state index in [9.17, 15) is 4.79 Å². The maximum atomic E-state index is 11.9. The van der Waals surface area contributed by atoms with Crippen LogP contribution in [0.4, 0.5) is 0 Å². The van der Waals surface area contributed by atoms with Gasteiger partial charge in [0.2, 0.25) is 5.91 Å². The Kier molecular flexibility index (Phi) is 6.49. The molecule has 0 unspecified atom stereocenters. The number of rotatable bonds is 8. The molecule has 1 N–H and O–H groups in total. The van der Waals surface area contributed by atoms with Crippen molar-refractivity contribution >= 4 is 5.91 Å². The molecular weight excluding hydrogens is 274 g/mol. The minimum atomic E-state index is 0.0734. The lowest BCUT2D eigenvalue weighted by Gasteiger charge is -2.10. The van der Waals surface area contributed by atoms with Gasteiger partial charge in [-0.15, -0.1) is 0 Å². The maximum Gasteiger partial charge on any atom is 0.224 e. The first-order valence-corrected chi connectivity index (χ1v) is 7.81. The van der Waals surface area contributed by atoms with Crippen LogP contribution in [0, 0.1) is 0 Å². The van der Waals surface area contributed by atoms with E-state index in [0.29, 0.717) is 19.6 Å². The van der Waals surface area contributed by atoms with E-state index < -0.39 is 0 Å². The summed E-state index contributed by atoms with van der Waals surface area (Å²) in [5.74, 6) is 1.02. The van der Waals surface area contributed by atoms with Crippen LogP contribution < -0.4 is 10.1 Å². The van der Waals surface area contributed by atoms with E-state index in [2.05, 4.69) is 11.4 Å². The van der Waals surface area contributed by atoms with Crippen molar-refractivity contribution in [1.29, 1.82) is 0 Å². The van der Waals surface area contributed by atoms with E-state index in [0.717, 1.165) is 24.2 Å². The van der Waals surface area contributed by atoms with E-state index in [4.69, 9.17) is 4.74 Å². The van der Waals surface area contributed by atoms with Gasteiger partial charge in [-0.1, -0.05) is 48.5 Å². The third-order valence-electron chi connectivity index (χ3n) is 3.43. The fourth-order valence-electron chi connectivity index (χ4n) is 2.36. The standard InChI is InChI=1S/C19H23NO2/c1-2-22-18-13-7-6-11-17(18)12-8-14-20-19(21)15-16-9-4-3-5-10-16/h3-7,9-11,13H,2,8,12,14-15H2,1H3,(H,20,21). The molecule has 3 heteroatoms. The maximum absolute atomic E-state index is 11.9. The zero-order chi connectivity index (χ0) is 15.6. The third kappa shape index (κ3) is 5.24. The summed E-state index contributed by atoms with van der Waals surface area (Å²) in [5, 5.41) is 2.97. The quantitative estimate of drug-likeness (QED) is 0.759. The third-order valence-corrected chi connectivity index (χ3v) is 3.43. The van der Waals surface area contributed by atoms with Gasteiger partial charge in [-0.2, -0.15) is 0 Å². The Bertz CT molecular complexity index is 581. The van der Waals surface area contributed by atoms with Crippen LogP contribution in [0.15, 0.2) is 54.6 Å². The number of aryl methyl sites for hydroxylation is 1.